The van der Waals surface area contributed by atoms with Crippen LogP contribution in [-0.4, -0.2) is 37.0 Å². The van der Waals surface area contributed by atoms with E-state index in [0.29, 0.717) is 24.5 Å². The third kappa shape index (κ3) is 4.68. The van der Waals surface area contributed by atoms with Crippen LogP contribution in [-0.2, 0) is 13.2 Å². The molecule has 2 aromatic carbocycles. The number of carbonyl (C=O) groups excluding carboxylic acids is 1. The second-order valence-corrected chi connectivity index (χ2v) is 8.31. The van der Waals surface area contributed by atoms with E-state index in [1.807, 2.05) is 89.2 Å². The van der Waals surface area contributed by atoms with E-state index < -0.39 is 0 Å². The zero-order valence-electron chi connectivity index (χ0n) is 19.1. The number of para-hydroxylation sites is 1. The van der Waals surface area contributed by atoms with Crippen molar-refractivity contribution in [3.8, 4) is 11.4 Å². The normalized spacial score (nSPS) is 11.0. The van der Waals surface area contributed by atoms with Crippen LogP contribution in [0.15, 0.2) is 91.5 Å². The highest BCUT2D eigenvalue weighted by Crippen LogP contribution is 2.17. The molecule has 0 unspecified atom stereocenters. The largest absolute Gasteiger partial charge is 0.487 e. The minimum atomic E-state index is -0.0604. The van der Waals surface area contributed by atoms with E-state index in [1.165, 1.54) is 5.56 Å². The van der Waals surface area contributed by atoms with E-state index in [9.17, 15) is 4.79 Å². The van der Waals surface area contributed by atoms with Crippen LogP contribution in [0.3, 0.4) is 0 Å². The Morgan fingerprint density at radius 1 is 0.971 bits per heavy atom. The van der Waals surface area contributed by atoms with Crippen molar-refractivity contribution in [2.24, 2.45) is 0 Å². The summed E-state index contributed by atoms with van der Waals surface area (Å²) in [7, 11) is 1.79. The van der Waals surface area contributed by atoms with E-state index in [0.717, 1.165) is 22.6 Å². The Morgan fingerprint density at radius 2 is 1.76 bits per heavy atom. The van der Waals surface area contributed by atoms with Crippen LogP contribution in [0.2, 0.25) is 0 Å². The lowest BCUT2D eigenvalue weighted by Crippen LogP contribution is -2.25. The molecule has 3 aromatic heterocycles. The lowest BCUT2D eigenvalue weighted by molar-refractivity contribution is 0.0785. The SMILES string of the molecule is Cc1ccc2nc(COc3ccc(C(=O)N(C)Cc4cnn(-c5ccccc5)c4)cc3)cn2c1. The Labute approximate surface area is 197 Å². The van der Waals surface area contributed by atoms with Gasteiger partial charge in [0.25, 0.3) is 5.91 Å². The summed E-state index contributed by atoms with van der Waals surface area (Å²) < 4.78 is 9.68. The van der Waals surface area contributed by atoms with Gasteiger partial charge in [0.05, 0.1) is 17.6 Å². The highest BCUT2D eigenvalue weighted by molar-refractivity contribution is 5.94. The average molecular weight is 452 g/mol. The molecule has 3 heterocycles. The Hall–Kier alpha value is -4.39. The van der Waals surface area contributed by atoms with Gasteiger partial charge in [-0.25, -0.2) is 9.67 Å². The van der Waals surface area contributed by atoms with Gasteiger partial charge in [-0.15, -0.1) is 0 Å². The lowest BCUT2D eigenvalue weighted by atomic mass is 10.2. The summed E-state index contributed by atoms with van der Waals surface area (Å²) in [5.74, 6) is 0.631. The Balaban J connectivity index is 1.19. The Morgan fingerprint density at radius 3 is 2.56 bits per heavy atom. The third-order valence-electron chi connectivity index (χ3n) is 5.56. The van der Waals surface area contributed by atoms with E-state index in [1.54, 1.807) is 30.3 Å². The maximum absolute atomic E-state index is 12.9. The van der Waals surface area contributed by atoms with Crippen molar-refractivity contribution in [1.82, 2.24) is 24.1 Å². The van der Waals surface area contributed by atoms with Gasteiger partial charge in [0.1, 0.15) is 18.0 Å². The van der Waals surface area contributed by atoms with Gasteiger partial charge in [0.2, 0.25) is 0 Å². The van der Waals surface area contributed by atoms with Crippen molar-refractivity contribution in [3.05, 3.63) is 114 Å². The standard InChI is InChI=1S/C27H25N5O2/c1-20-8-13-26-29-23(18-31(26)15-20)19-34-25-11-9-22(10-12-25)27(33)30(2)16-21-14-28-32(17-21)24-6-4-3-5-7-24/h3-15,17-18H,16,19H2,1-2H3. The zero-order chi connectivity index (χ0) is 23.5. The molecule has 7 nitrogen and oxygen atoms in total. The summed E-state index contributed by atoms with van der Waals surface area (Å²) in [6.45, 7) is 2.88. The van der Waals surface area contributed by atoms with Crippen LogP contribution in [0.5, 0.6) is 5.75 Å². The van der Waals surface area contributed by atoms with E-state index >= 15 is 0 Å². The van der Waals surface area contributed by atoms with Gasteiger partial charge in [-0.05, 0) is 55.0 Å². The van der Waals surface area contributed by atoms with Crippen LogP contribution >= 0.6 is 0 Å². The van der Waals surface area contributed by atoms with Crippen molar-refractivity contribution in [1.29, 1.82) is 0 Å². The highest BCUT2D eigenvalue weighted by Gasteiger charge is 2.13. The fraction of sp³-hybridized carbons (Fsp3) is 0.148. The number of aryl methyl sites for hydroxylation is 1. The number of nitrogens with zero attached hydrogens (tertiary/aromatic N) is 5. The molecular weight excluding hydrogens is 426 g/mol. The summed E-state index contributed by atoms with van der Waals surface area (Å²) in [5, 5.41) is 4.40. The molecule has 0 saturated carbocycles. The van der Waals surface area contributed by atoms with Gasteiger partial charge in [-0.1, -0.05) is 24.3 Å². The van der Waals surface area contributed by atoms with Gasteiger partial charge in [-0.3, -0.25) is 4.79 Å². The van der Waals surface area contributed by atoms with E-state index in [4.69, 9.17) is 4.74 Å². The predicted octanol–water partition coefficient (Wildman–Crippen LogP) is 4.68. The summed E-state index contributed by atoms with van der Waals surface area (Å²) in [4.78, 5) is 19.1. The number of rotatable bonds is 7. The molecule has 34 heavy (non-hydrogen) atoms. The Kier molecular flexibility index (Phi) is 5.82. The molecular formula is C27H25N5O2. The number of imidazole rings is 1. The van der Waals surface area contributed by atoms with Crippen LogP contribution < -0.4 is 4.74 Å². The number of benzene rings is 2. The van der Waals surface area contributed by atoms with Crippen molar-refractivity contribution in [2.45, 2.75) is 20.1 Å². The molecule has 0 fully saturated rings. The van der Waals surface area contributed by atoms with Crippen LogP contribution in [0.25, 0.3) is 11.3 Å². The topological polar surface area (TPSA) is 64.7 Å². The molecule has 5 rings (SSSR count). The molecule has 0 bridgehead atoms. The second kappa shape index (κ2) is 9.23. The van der Waals surface area contributed by atoms with Crippen LogP contribution in [0.1, 0.15) is 27.2 Å². The number of hydrogen-bond donors (Lipinski definition) is 0. The monoisotopic (exact) mass is 451 g/mol. The molecule has 0 spiro atoms. The number of amides is 1. The molecule has 170 valence electrons. The number of aromatic nitrogens is 4. The van der Waals surface area contributed by atoms with Crippen molar-refractivity contribution < 1.29 is 9.53 Å². The molecule has 7 heteroatoms. The molecule has 1 amide bonds. The maximum Gasteiger partial charge on any atom is 0.253 e. The first-order valence-corrected chi connectivity index (χ1v) is 11.1. The fourth-order valence-corrected chi connectivity index (χ4v) is 3.81. The maximum atomic E-state index is 12.9. The van der Waals surface area contributed by atoms with E-state index in [2.05, 4.69) is 10.1 Å². The van der Waals surface area contributed by atoms with Crippen molar-refractivity contribution in [3.63, 3.8) is 0 Å². The third-order valence-corrected chi connectivity index (χ3v) is 5.56. The van der Waals surface area contributed by atoms with Gasteiger partial charge in [-0.2, -0.15) is 5.10 Å². The number of fused-ring (bicyclic) bond motifs is 1. The molecule has 0 N–H and O–H groups in total. The zero-order valence-corrected chi connectivity index (χ0v) is 19.1. The van der Waals surface area contributed by atoms with Crippen LogP contribution in [0, 0.1) is 6.92 Å². The summed E-state index contributed by atoms with van der Waals surface area (Å²) in [6, 6.07) is 21.1. The van der Waals surface area contributed by atoms with Gasteiger partial charge in [0.15, 0.2) is 0 Å². The van der Waals surface area contributed by atoms with Gasteiger partial charge < -0.3 is 14.0 Å². The predicted molar refractivity (Wildman–Crippen MR) is 130 cm³/mol. The first-order valence-electron chi connectivity index (χ1n) is 11.1. The van der Waals surface area contributed by atoms with Gasteiger partial charge in [0, 0.05) is 43.3 Å². The average Bonchev–Trinajstić information content (AvgIpc) is 3.49. The first kappa shape index (κ1) is 21.5. The highest BCUT2D eigenvalue weighted by atomic mass is 16.5. The Bertz CT molecular complexity index is 1420. The summed E-state index contributed by atoms with van der Waals surface area (Å²) in [6.07, 6.45) is 7.73. The molecule has 5 aromatic rings. The lowest BCUT2D eigenvalue weighted by Gasteiger charge is -2.16. The van der Waals surface area contributed by atoms with Gasteiger partial charge >= 0.3 is 0 Å². The summed E-state index contributed by atoms with van der Waals surface area (Å²) in [5.41, 5.74) is 5.46. The number of pyridine rings is 1. The first-order chi connectivity index (χ1) is 16.5. The number of carbonyl (C=O) groups is 1. The number of ether oxygens (including phenoxy) is 1. The smallest absolute Gasteiger partial charge is 0.253 e. The minimum absolute atomic E-state index is 0.0604. The summed E-state index contributed by atoms with van der Waals surface area (Å²) >= 11 is 0. The number of hydrogen-bond acceptors (Lipinski definition) is 4. The minimum Gasteiger partial charge on any atom is -0.487 e. The molecule has 0 radical (unpaired) electrons. The van der Waals surface area contributed by atoms with Crippen molar-refractivity contribution >= 4 is 11.6 Å². The van der Waals surface area contributed by atoms with Crippen molar-refractivity contribution in [2.75, 3.05) is 7.05 Å². The van der Waals surface area contributed by atoms with Crippen LogP contribution in [0.4, 0.5) is 0 Å². The fourth-order valence-electron chi connectivity index (χ4n) is 3.81. The van der Waals surface area contributed by atoms with E-state index in [-0.39, 0.29) is 5.91 Å². The molecule has 0 aliphatic heterocycles. The molecule has 0 aliphatic carbocycles. The quantitative estimate of drug-likeness (QED) is 0.360. The molecule has 0 saturated heterocycles. The second-order valence-electron chi connectivity index (χ2n) is 8.31. The molecule has 0 aliphatic rings. The molecule has 0 atom stereocenters.